The van der Waals surface area contributed by atoms with Gasteiger partial charge in [-0.05, 0) is 43.7 Å². The molecule has 1 aliphatic rings. The summed E-state index contributed by atoms with van der Waals surface area (Å²) in [4.78, 5) is 17.7. The number of methoxy groups -OCH3 is 1. The summed E-state index contributed by atoms with van der Waals surface area (Å²) in [7, 11) is -1.51. The van der Waals surface area contributed by atoms with E-state index in [0.717, 1.165) is 5.56 Å². The molecule has 1 aromatic carbocycles. The number of ether oxygens (including phenoxy) is 1. The van der Waals surface area contributed by atoms with E-state index in [1.54, 1.807) is 30.9 Å². The zero-order chi connectivity index (χ0) is 22.2. The fourth-order valence-corrected chi connectivity index (χ4v) is 5.58. The lowest BCUT2D eigenvalue weighted by atomic mass is 10.0. The van der Waals surface area contributed by atoms with Crippen LogP contribution in [0.3, 0.4) is 0 Å². The Kier molecular flexibility index (Phi) is 5.53. The topological polar surface area (TPSA) is 103 Å². The quantitative estimate of drug-likeness (QED) is 0.591. The van der Waals surface area contributed by atoms with Crippen LogP contribution in [0.4, 0.5) is 0 Å². The number of rotatable bonds is 6. The van der Waals surface area contributed by atoms with Gasteiger partial charge in [-0.3, -0.25) is 4.79 Å². The van der Waals surface area contributed by atoms with Crippen molar-refractivity contribution in [2.45, 2.75) is 19.4 Å². The van der Waals surface area contributed by atoms with Gasteiger partial charge in [-0.25, -0.2) is 18.1 Å². The number of aromatic nitrogens is 3. The lowest BCUT2D eigenvalue weighted by molar-refractivity contribution is 0.0959. The molecule has 0 spiro atoms. The average molecular weight is 441 g/mol. The van der Waals surface area contributed by atoms with Gasteiger partial charge in [0.15, 0.2) is 15.5 Å². The molecule has 0 aliphatic carbocycles. The van der Waals surface area contributed by atoms with Crippen LogP contribution in [0.1, 0.15) is 28.5 Å². The number of sulfone groups is 1. The van der Waals surface area contributed by atoms with Crippen molar-refractivity contribution in [3.8, 4) is 17.0 Å². The predicted octanol–water partition coefficient (Wildman–Crippen LogP) is 2.69. The number of carbonyl (C=O) groups excluding carboxylic acids is 1. The summed E-state index contributed by atoms with van der Waals surface area (Å²) in [5.41, 5.74) is 3.00. The molecule has 8 nitrogen and oxygen atoms in total. The molecule has 1 fully saturated rings. The van der Waals surface area contributed by atoms with E-state index in [4.69, 9.17) is 9.72 Å². The van der Waals surface area contributed by atoms with E-state index in [1.165, 1.54) is 0 Å². The standard InChI is InChI=1S/C22H24N4O4S/c1-4-10-23-22(27)18-12-19(15-5-7-17(30-3)8-6-15)24-21-20(18)14(2)25-26(21)16-9-11-31(28,29)13-16/h4-8,12,16H,1,9-11,13H2,2-3H3,(H,23,27). The number of carbonyl (C=O) groups is 1. The summed E-state index contributed by atoms with van der Waals surface area (Å²) < 4.78 is 31.0. The van der Waals surface area contributed by atoms with Crippen LogP contribution < -0.4 is 10.1 Å². The monoisotopic (exact) mass is 440 g/mol. The Morgan fingerprint density at radius 3 is 2.71 bits per heavy atom. The molecule has 3 aromatic rings. The van der Waals surface area contributed by atoms with Gasteiger partial charge < -0.3 is 10.1 Å². The Labute approximate surface area is 180 Å². The van der Waals surface area contributed by atoms with E-state index in [1.807, 2.05) is 24.3 Å². The van der Waals surface area contributed by atoms with Gasteiger partial charge in [0, 0.05) is 12.1 Å². The second-order valence-electron chi connectivity index (χ2n) is 7.57. The second-order valence-corrected chi connectivity index (χ2v) is 9.80. The van der Waals surface area contributed by atoms with Crippen molar-refractivity contribution in [1.29, 1.82) is 0 Å². The highest BCUT2D eigenvalue weighted by atomic mass is 32.2. The second kappa shape index (κ2) is 8.14. The van der Waals surface area contributed by atoms with Gasteiger partial charge in [0.25, 0.3) is 5.91 Å². The van der Waals surface area contributed by atoms with Crippen LogP contribution in [0.2, 0.25) is 0 Å². The van der Waals surface area contributed by atoms with Crippen LogP contribution in [0.5, 0.6) is 5.75 Å². The van der Waals surface area contributed by atoms with Crippen molar-refractivity contribution >= 4 is 26.8 Å². The summed E-state index contributed by atoms with van der Waals surface area (Å²) >= 11 is 0. The third-order valence-electron chi connectivity index (χ3n) is 5.43. The van der Waals surface area contributed by atoms with Gasteiger partial charge in [-0.1, -0.05) is 6.08 Å². The van der Waals surface area contributed by atoms with E-state index in [0.29, 0.717) is 46.7 Å². The number of hydrogen-bond donors (Lipinski definition) is 1. The lowest BCUT2D eigenvalue weighted by Gasteiger charge is -2.12. The number of hydrogen-bond acceptors (Lipinski definition) is 6. The van der Waals surface area contributed by atoms with Crippen LogP contribution in [0.15, 0.2) is 43.0 Å². The van der Waals surface area contributed by atoms with Crippen LogP contribution in [-0.2, 0) is 9.84 Å². The molecule has 162 valence electrons. The first kappa shape index (κ1) is 21.0. The number of fused-ring (bicyclic) bond motifs is 1. The fourth-order valence-electron chi connectivity index (χ4n) is 3.88. The molecule has 9 heteroatoms. The first-order chi connectivity index (χ1) is 14.8. The number of benzene rings is 1. The number of nitrogens with one attached hydrogen (secondary N) is 1. The van der Waals surface area contributed by atoms with Crippen molar-refractivity contribution in [2.24, 2.45) is 0 Å². The molecular formula is C22H24N4O4S. The van der Waals surface area contributed by atoms with E-state index >= 15 is 0 Å². The van der Waals surface area contributed by atoms with E-state index in [2.05, 4.69) is 17.0 Å². The largest absolute Gasteiger partial charge is 0.497 e. The maximum atomic E-state index is 12.9. The maximum Gasteiger partial charge on any atom is 0.252 e. The predicted molar refractivity (Wildman–Crippen MR) is 119 cm³/mol. The molecule has 1 amide bonds. The summed E-state index contributed by atoms with van der Waals surface area (Å²) in [6.07, 6.45) is 2.09. The Balaban J connectivity index is 1.91. The van der Waals surface area contributed by atoms with Crippen molar-refractivity contribution in [3.05, 3.63) is 54.2 Å². The number of pyridine rings is 1. The average Bonchev–Trinajstić information content (AvgIpc) is 3.30. The zero-order valence-electron chi connectivity index (χ0n) is 17.5. The summed E-state index contributed by atoms with van der Waals surface area (Å²) in [5, 5.41) is 8.04. The molecule has 4 rings (SSSR count). The first-order valence-electron chi connectivity index (χ1n) is 9.97. The highest BCUT2D eigenvalue weighted by Gasteiger charge is 2.32. The van der Waals surface area contributed by atoms with Crippen LogP contribution in [0.25, 0.3) is 22.3 Å². The SMILES string of the molecule is C=CCNC(=O)c1cc(-c2ccc(OC)cc2)nc2c1c(C)nn2C1CCS(=O)(=O)C1. The van der Waals surface area contributed by atoms with Gasteiger partial charge in [0.1, 0.15) is 5.75 Å². The number of nitrogens with zero attached hydrogens (tertiary/aromatic N) is 3. The van der Waals surface area contributed by atoms with Gasteiger partial charge in [-0.2, -0.15) is 5.10 Å². The van der Waals surface area contributed by atoms with Crippen molar-refractivity contribution in [3.63, 3.8) is 0 Å². The third kappa shape index (κ3) is 4.05. The Bertz CT molecular complexity index is 1260. The molecule has 0 saturated carbocycles. The molecule has 1 N–H and O–H groups in total. The number of aryl methyl sites for hydroxylation is 1. The highest BCUT2D eigenvalue weighted by molar-refractivity contribution is 7.91. The molecule has 1 aliphatic heterocycles. The Hall–Kier alpha value is -3.20. The Morgan fingerprint density at radius 1 is 1.35 bits per heavy atom. The normalized spacial score (nSPS) is 17.5. The summed E-state index contributed by atoms with van der Waals surface area (Å²) in [5.74, 6) is 0.605. The van der Waals surface area contributed by atoms with Crippen molar-refractivity contribution in [1.82, 2.24) is 20.1 Å². The molecule has 1 saturated heterocycles. The molecule has 0 bridgehead atoms. The lowest BCUT2D eigenvalue weighted by Crippen LogP contribution is -2.23. The highest BCUT2D eigenvalue weighted by Crippen LogP contribution is 2.32. The van der Waals surface area contributed by atoms with Crippen LogP contribution >= 0.6 is 0 Å². The van der Waals surface area contributed by atoms with Crippen molar-refractivity contribution in [2.75, 3.05) is 25.2 Å². The third-order valence-corrected chi connectivity index (χ3v) is 7.18. The van der Waals surface area contributed by atoms with Crippen LogP contribution in [-0.4, -0.2) is 54.2 Å². The smallest absolute Gasteiger partial charge is 0.252 e. The van der Waals surface area contributed by atoms with Gasteiger partial charge in [0.2, 0.25) is 0 Å². The van der Waals surface area contributed by atoms with E-state index in [-0.39, 0.29) is 23.5 Å². The minimum atomic E-state index is -3.10. The summed E-state index contributed by atoms with van der Waals surface area (Å²) in [6.45, 7) is 5.78. The van der Waals surface area contributed by atoms with E-state index in [9.17, 15) is 13.2 Å². The minimum absolute atomic E-state index is 0.0235. The fraction of sp³-hybridized carbons (Fsp3) is 0.318. The Morgan fingerprint density at radius 2 is 2.10 bits per heavy atom. The molecule has 1 atom stereocenters. The van der Waals surface area contributed by atoms with Gasteiger partial charge >= 0.3 is 0 Å². The van der Waals surface area contributed by atoms with Gasteiger partial charge in [-0.15, -0.1) is 6.58 Å². The van der Waals surface area contributed by atoms with Crippen molar-refractivity contribution < 1.29 is 17.9 Å². The molecule has 31 heavy (non-hydrogen) atoms. The molecule has 3 heterocycles. The minimum Gasteiger partial charge on any atom is -0.497 e. The molecule has 1 unspecified atom stereocenters. The molecule has 0 radical (unpaired) electrons. The summed E-state index contributed by atoms with van der Waals surface area (Å²) in [6, 6.07) is 8.82. The molecule has 2 aromatic heterocycles. The maximum absolute atomic E-state index is 12.9. The van der Waals surface area contributed by atoms with Gasteiger partial charge in [0.05, 0.1) is 47.0 Å². The van der Waals surface area contributed by atoms with Crippen LogP contribution in [0, 0.1) is 6.92 Å². The first-order valence-corrected chi connectivity index (χ1v) is 11.8. The van der Waals surface area contributed by atoms with E-state index < -0.39 is 9.84 Å². The molecular weight excluding hydrogens is 416 g/mol. The zero-order valence-corrected chi connectivity index (χ0v) is 18.3. The number of amides is 1.